The molecule has 3 unspecified atom stereocenters. The summed E-state index contributed by atoms with van der Waals surface area (Å²) in [4.78, 5) is 48.5. The van der Waals surface area contributed by atoms with Crippen molar-refractivity contribution in [2.75, 3.05) is 11.9 Å². The molecule has 1 aliphatic rings. The highest BCUT2D eigenvalue weighted by Crippen LogP contribution is 2.66. The first kappa shape index (κ1) is 29.2. The van der Waals surface area contributed by atoms with E-state index in [2.05, 4.69) is 33.4 Å². The molecule has 0 radical (unpaired) electrons. The van der Waals surface area contributed by atoms with Crippen LogP contribution in [0, 0.1) is 0 Å². The van der Waals surface area contributed by atoms with Gasteiger partial charge in [-0.2, -0.15) is 8.62 Å². The normalized spacial score (nSPS) is 27.0. The molecule has 1 saturated heterocycles. The standard InChI is InChI=1S/C15H26N5O13P3/c1-3-4-8(2)19-13-10-14(17-6-16-13)20(7-18-10)15-12(22)11(21)9(31-15)5-30-35(26,27)33-36(28,29)32-34(23,24)25/h6-9,11-12,15,21-22H,3-5H2,1-2H3,(H,26,27)(H,28,29)(H,16,17,19)(H2,23,24,25)/t8?,9-,11-,12-,15-/m1/s1. The molecule has 0 aromatic carbocycles. The Balaban J connectivity index is 1.71. The van der Waals surface area contributed by atoms with Crippen molar-refractivity contribution in [1.29, 1.82) is 0 Å². The summed E-state index contributed by atoms with van der Waals surface area (Å²) in [7, 11) is -16.7. The lowest BCUT2D eigenvalue weighted by Gasteiger charge is -2.19. The summed E-state index contributed by atoms with van der Waals surface area (Å²) in [5.41, 5.74) is 0.614. The summed E-state index contributed by atoms with van der Waals surface area (Å²) in [5, 5.41) is 24.0. The molecule has 7 atom stereocenters. The van der Waals surface area contributed by atoms with E-state index in [1.807, 2.05) is 13.8 Å². The van der Waals surface area contributed by atoms with Gasteiger partial charge < -0.3 is 39.8 Å². The molecule has 2 aromatic heterocycles. The topological polar surface area (TPSA) is 265 Å². The molecular weight excluding hydrogens is 551 g/mol. The lowest BCUT2D eigenvalue weighted by Crippen LogP contribution is -2.33. The Kier molecular flexibility index (Phi) is 9.06. The van der Waals surface area contributed by atoms with E-state index in [-0.39, 0.29) is 11.7 Å². The van der Waals surface area contributed by atoms with Crippen LogP contribution in [0.1, 0.15) is 32.9 Å². The minimum absolute atomic E-state index is 0.0904. The molecule has 21 heteroatoms. The molecule has 18 nitrogen and oxygen atoms in total. The van der Waals surface area contributed by atoms with E-state index in [9.17, 15) is 33.7 Å². The maximum Gasteiger partial charge on any atom is 0.490 e. The maximum absolute atomic E-state index is 11.9. The Hall–Kier alpha value is -1.36. The third-order valence-corrected chi connectivity index (χ3v) is 8.70. The fourth-order valence-electron chi connectivity index (χ4n) is 3.45. The molecule has 1 aliphatic heterocycles. The zero-order chi connectivity index (χ0) is 26.9. The number of hydrogen-bond acceptors (Lipinski definition) is 13. The number of phosphoric acid groups is 3. The van der Waals surface area contributed by atoms with Crippen molar-refractivity contribution in [3.63, 3.8) is 0 Å². The second kappa shape index (κ2) is 11.2. The lowest BCUT2D eigenvalue weighted by molar-refractivity contribution is -0.0503. The molecule has 1 fully saturated rings. The fraction of sp³-hybridized carbons (Fsp3) is 0.667. The zero-order valence-electron chi connectivity index (χ0n) is 18.8. The number of hydrogen-bond donors (Lipinski definition) is 7. The third kappa shape index (κ3) is 7.36. The Morgan fingerprint density at radius 1 is 1.08 bits per heavy atom. The van der Waals surface area contributed by atoms with Gasteiger partial charge in [-0.3, -0.25) is 9.09 Å². The molecule has 3 heterocycles. The number of fused-ring (bicyclic) bond motifs is 1. The van der Waals surface area contributed by atoms with Gasteiger partial charge in [0.15, 0.2) is 23.2 Å². The monoisotopic (exact) mass is 577 g/mol. The van der Waals surface area contributed by atoms with E-state index < -0.39 is 54.6 Å². The number of phosphoric ester groups is 1. The Bertz CT molecular complexity index is 1210. The predicted molar refractivity (Wildman–Crippen MR) is 119 cm³/mol. The first-order valence-electron chi connectivity index (χ1n) is 10.4. The Labute approximate surface area is 203 Å². The third-order valence-electron chi connectivity index (χ3n) is 4.89. The summed E-state index contributed by atoms with van der Waals surface area (Å²) in [6, 6.07) is 0.0904. The smallest absolute Gasteiger partial charge is 0.387 e. The zero-order valence-corrected chi connectivity index (χ0v) is 21.5. The van der Waals surface area contributed by atoms with Crippen LogP contribution in [0.15, 0.2) is 12.7 Å². The predicted octanol–water partition coefficient (Wildman–Crippen LogP) is 0.389. The number of imidazole rings is 1. The Morgan fingerprint density at radius 2 is 1.78 bits per heavy atom. The summed E-state index contributed by atoms with van der Waals surface area (Å²) in [6.45, 7) is 3.06. The molecule has 7 N–H and O–H groups in total. The number of nitrogens with one attached hydrogen (secondary N) is 1. The molecule has 0 saturated carbocycles. The van der Waals surface area contributed by atoms with Crippen LogP contribution in [0.2, 0.25) is 0 Å². The number of aliphatic hydroxyl groups is 2. The first-order valence-corrected chi connectivity index (χ1v) is 14.9. The van der Waals surface area contributed by atoms with Crippen LogP contribution < -0.4 is 5.32 Å². The quantitative estimate of drug-likeness (QED) is 0.168. The van der Waals surface area contributed by atoms with Crippen molar-refractivity contribution in [1.82, 2.24) is 19.5 Å². The second-order valence-electron chi connectivity index (χ2n) is 7.81. The van der Waals surface area contributed by atoms with Crippen LogP contribution in [-0.2, 0) is 31.6 Å². The molecule has 0 aliphatic carbocycles. The van der Waals surface area contributed by atoms with Crippen molar-refractivity contribution in [2.24, 2.45) is 0 Å². The highest BCUT2D eigenvalue weighted by molar-refractivity contribution is 7.66. The van der Waals surface area contributed by atoms with Gasteiger partial charge in [0, 0.05) is 6.04 Å². The van der Waals surface area contributed by atoms with E-state index in [0.29, 0.717) is 11.3 Å². The van der Waals surface area contributed by atoms with E-state index >= 15 is 0 Å². The van der Waals surface area contributed by atoms with E-state index in [1.165, 1.54) is 17.2 Å². The van der Waals surface area contributed by atoms with Crippen molar-refractivity contribution in [2.45, 2.75) is 57.3 Å². The molecular formula is C15H26N5O13P3. The van der Waals surface area contributed by atoms with Crippen LogP contribution in [0.4, 0.5) is 5.82 Å². The maximum atomic E-state index is 11.9. The first-order chi connectivity index (χ1) is 16.6. The summed E-state index contributed by atoms with van der Waals surface area (Å²) in [5.74, 6) is 0.442. The summed E-state index contributed by atoms with van der Waals surface area (Å²) < 4.78 is 52.6. The van der Waals surface area contributed by atoms with E-state index in [1.54, 1.807) is 0 Å². The highest BCUT2D eigenvalue weighted by Gasteiger charge is 2.47. The van der Waals surface area contributed by atoms with Gasteiger partial charge in [0.05, 0.1) is 12.9 Å². The molecule has 204 valence electrons. The average Bonchev–Trinajstić information content (AvgIpc) is 3.26. The van der Waals surface area contributed by atoms with Gasteiger partial charge >= 0.3 is 23.5 Å². The number of ether oxygens (including phenoxy) is 1. The molecule has 3 rings (SSSR count). The van der Waals surface area contributed by atoms with Gasteiger partial charge in [-0.15, -0.1) is 0 Å². The van der Waals surface area contributed by atoms with Gasteiger partial charge in [-0.05, 0) is 13.3 Å². The van der Waals surface area contributed by atoms with Gasteiger partial charge in [-0.1, -0.05) is 13.3 Å². The van der Waals surface area contributed by atoms with Crippen LogP contribution in [0.3, 0.4) is 0 Å². The SMILES string of the molecule is CCCC(C)Nc1ncnc2c1ncn2[C@@H]1O[C@H](COP(=O)(O)OP(=O)(O)OP(=O)(O)O)[C@@H](O)[C@H]1O. The van der Waals surface area contributed by atoms with Gasteiger partial charge in [0.25, 0.3) is 0 Å². The van der Waals surface area contributed by atoms with Crippen LogP contribution >= 0.6 is 23.5 Å². The largest absolute Gasteiger partial charge is 0.490 e. The van der Waals surface area contributed by atoms with Crippen LogP contribution in [0.25, 0.3) is 11.2 Å². The van der Waals surface area contributed by atoms with Crippen LogP contribution in [-0.4, -0.2) is 80.3 Å². The van der Waals surface area contributed by atoms with Gasteiger partial charge in [0.1, 0.15) is 24.6 Å². The minimum Gasteiger partial charge on any atom is -0.387 e. The highest BCUT2D eigenvalue weighted by atomic mass is 31.3. The number of rotatable bonds is 12. The molecule has 0 amide bonds. The van der Waals surface area contributed by atoms with E-state index in [4.69, 9.17) is 14.5 Å². The van der Waals surface area contributed by atoms with Crippen molar-refractivity contribution >= 4 is 40.4 Å². The molecule has 0 bridgehead atoms. The number of aromatic nitrogens is 4. The fourth-order valence-corrected chi connectivity index (χ4v) is 6.48. The Morgan fingerprint density at radius 3 is 2.42 bits per heavy atom. The lowest BCUT2D eigenvalue weighted by atomic mass is 10.1. The van der Waals surface area contributed by atoms with E-state index in [0.717, 1.165) is 12.8 Å². The second-order valence-corrected chi connectivity index (χ2v) is 12.2. The average molecular weight is 577 g/mol. The van der Waals surface area contributed by atoms with Crippen LogP contribution in [0.5, 0.6) is 0 Å². The number of anilines is 1. The molecule has 2 aromatic rings. The van der Waals surface area contributed by atoms with Crippen molar-refractivity contribution in [3.8, 4) is 0 Å². The minimum atomic E-state index is -5.71. The molecule has 0 spiro atoms. The van der Waals surface area contributed by atoms with Crippen molar-refractivity contribution < 1.29 is 61.4 Å². The van der Waals surface area contributed by atoms with Gasteiger partial charge in [0.2, 0.25) is 0 Å². The summed E-state index contributed by atoms with van der Waals surface area (Å²) in [6.07, 6.45) is -1.58. The van der Waals surface area contributed by atoms with Gasteiger partial charge in [-0.25, -0.2) is 28.6 Å². The summed E-state index contributed by atoms with van der Waals surface area (Å²) >= 11 is 0. The van der Waals surface area contributed by atoms with Crippen molar-refractivity contribution in [3.05, 3.63) is 12.7 Å². The molecule has 36 heavy (non-hydrogen) atoms. The number of nitrogens with zero attached hydrogens (tertiary/aromatic N) is 4. The number of aliphatic hydroxyl groups excluding tert-OH is 2.